The van der Waals surface area contributed by atoms with Gasteiger partial charge in [0.25, 0.3) is 0 Å². The van der Waals surface area contributed by atoms with Crippen LogP contribution in [-0.2, 0) is 5.41 Å². The molecule has 3 N–H and O–H groups in total. The van der Waals surface area contributed by atoms with E-state index in [1.54, 1.807) is 0 Å². The van der Waals surface area contributed by atoms with E-state index >= 15 is 0 Å². The molecule has 1 rings (SSSR count). The smallest absolute Gasteiger partial charge is 0.0379 e. The summed E-state index contributed by atoms with van der Waals surface area (Å²) in [6.07, 6.45) is 0. The fraction of sp³-hybridized carbons (Fsp3) is 0.500. The highest BCUT2D eigenvalue weighted by molar-refractivity contribution is 5.60. The van der Waals surface area contributed by atoms with Gasteiger partial charge in [-0.3, -0.25) is 0 Å². The number of nitrogens with two attached hydrogens (primary N) is 1. The highest BCUT2D eigenvalue weighted by Gasteiger charge is 2.17. The third kappa shape index (κ3) is 2.41. The summed E-state index contributed by atoms with van der Waals surface area (Å²) in [6, 6.07) is 6.05. The van der Waals surface area contributed by atoms with Crippen LogP contribution in [0.3, 0.4) is 0 Å². The Morgan fingerprint density at radius 2 is 1.93 bits per heavy atom. The maximum Gasteiger partial charge on any atom is 0.0379 e. The van der Waals surface area contributed by atoms with Gasteiger partial charge >= 0.3 is 0 Å². The number of nitrogens with one attached hydrogen (secondary N) is 1. The van der Waals surface area contributed by atoms with E-state index in [4.69, 9.17) is 5.73 Å². The van der Waals surface area contributed by atoms with Crippen LogP contribution < -0.4 is 11.1 Å². The first-order valence-electron chi connectivity index (χ1n) is 5.09. The molecule has 2 nitrogen and oxygen atoms in total. The van der Waals surface area contributed by atoms with Crippen molar-refractivity contribution in [2.45, 2.75) is 33.1 Å². The molecule has 0 heterocycles. The lowest BCUT2D eigenvalue weighted by Crippen LogP contribution is -2.15. The van der Waals surface area contributed by atoms with Crippen molar-refractivity contribution >= 4 is 11.4 Å². The summed E-state index contributed by atoms with van der Waals surface area (Å²) in [5.41, 5.74) is 9.22. The molecular weight excluding hydrogens is 172 g/mol. The average molecular weight is 192 g/mol. The molecule has 0 unspecified atom stereocenters. The largest absolute Gasteiger partial charge is 0.399 e. The van der Waals surface area contributed by atoms with E-state index < -0.39 is 0 Å². The van der Waals surface area contributed by atoms with Crippen molar-refractivity contribution in [1.29, 1.82) is 0 Å². The second-order valence-electron chi connectivity index (χ2n) is 4.59. The number of rotatable bonds is 2. The summed E-state index contributed by atoms with van der Waals surface area (Å²) in [4.78, 5) is 0. The molecule has 0 aliphatic heterocycles. The third-order valence-electron chi connectivity index (χ3n) is 2.22. The molecule has 14 heavy (non-hydrogen) atoms. The van der Waals surface area contributed by atoms with Crippen LogP contribution in [-0.4, -0.2) is 6.54 Å². The number of hydrogen-bond donors (Lipinski definition) is 2. The fourth-order valence-corrected chi connectivity index (χ4v) is 1.53. The normalized spacial score (nSPS) is 11.4. The van der Waals surface area contributed by atoms with Gasteiger partial charge in [0.2, 0.25) is 0 Å². The molecule has 0 saturated heterocycles. The van der Waals surface area contributed by atoms with E-state index in [0.717, 1.165) is 12.2 Å². The zero-order chi connectivity index (χ0) is 10.8. The molecule has 0 bridgehead atoms. The predicted octanol–water partition coefficient (Wildman–Crippen LogP) is 3.00. The molecule has 0 aromatic heterocycles. The minimum atomic E-state index is 0.132. The monoisotopic (exact) mass is 192 g/mol. The summed E-state index contributed by atoms with van der Waals surface area (Å²) in [5, 5.41) is 3.35. The van der Waals surface area contributed by atoms with Crippen LogP contribution in [0.1, 0.15) is 33.3 Å². The summed E-state index contributed by atoms with van der Waals surface area (Å²) < 4.78 is 0. The van der Waals surface area contributed by atoms with Crippen molar-refractivity contribution in [1.82, 2.24) is 0 Å². The maximum absolute atomic E-state index is 5.79. The Balaban J connectivity index is 3.16. The zero-order valence-corrected chi connectivity index (χ0v) is 9.52. The van der Waals surface area contributed by atoms with Gasteiger partial charge in [0.05, 0.1) is 0 Å². The molecule has 0 atom stereocenters. The van der Waals surface area contributed by atoms with E-state index in [9.17, 15) is 0 Å². The Morgan fingerprint density at radius 3 is 2.43 bits per heavy atom. The minimum Gasteiger partial charge on any atom is -0.399 e. The predicted molar refractivity (Wildman–Crippen MR) is 63.7 cm³/mol. The van der Waals surface area contributed by atoms with Crippen molar-refractivity contribution in [3.05, 3.63) is 23.8 Å². The molecule has 78 valence electrons. The van der Waals surface area contributed by atoms with Gasteiger partial charge in [0.1, 0.15) is 0 Å². The summed E-state index contributed by atoms with van der Waals surface area (Å²) >= 11 is 0. The molecule has 0 fully saturated rings. The van der Waals surface area contributed by atoms with Gasteiger partial charge in [0.15, 0.2) is 0 Å². The van der Waals surface area contributed by atoms with E-state index in [1.807, 2.05) is 6.07 Å². The Bertz CT molecular complexity index is 311. The lowest BCUT2D eigenvalue weighted by atomic mass is 9.85. The molecular formula is C12H20N2. The first-order chi connectivity index (χ1) is 6.45. The topological polar surface area (TPSA) is 38.0 Å². The van der Waals surface area contributed by atoms with Crippen LogP contribution in [0.2, 0.25) is 0 Å². The molecule has 1 aromatic carbocycles. The van der Waals surface area contributed by atoms with Crippen LogP contribution in [0.25, 0.3) is 0 Å². The van der Waals surface area contributed by atoms with Gasteiger partial charge in [-0.25, -0.2) is 0 Å². The number of benzene rings is 1. The summed E-state index contributed by atoms with van der Waals surface area (Å²) in [5.74, 6) is 0. The molecule has 0 aliphatic rings. The molecule has 0 spiro atoms. The van der Waals surface area contributed by atoms with Crippen molar-refractivity contribution < 1.29 is 0 Å². The zero-order valence-electron chi connectivity index (χ0n) is 9.52. The minimum absolute atomic E-state index is 0.132. The summed E-state index contributed by atoms with van der Waals surface area (Å²) in [7, 11) is 0. The molecule has 2 heteroatoms. The SMILES string of the molecule is CCNc1ccc(N)cc1C(C)(C)C. The second kappa shape index (κ2) is 3.91. The molecule has 0 saturated carbocycles. The van der Waals surface area contributed by atoms with E-state index in [-0.39, 0.29) is 5.41 Å². The lowest BCUT2D eigenvalue weighted by molar-refractivity contribution is 0.592. The molecule has 1 aromatic rings. The van der Waals surface area contributed by atoms with E-state index in [0.29, 0.717) is 0 Å². The summed E-state index contributed by atoms with van der Waals surface area (Å²) in [6.45, 7) is 9.63. The standard InChI is InChI=1S/C12H20N2/c1-5-14-11-7-6-9(13)8-10(11)12(2,3)4/h6-8,14H,5,13H2,1-4H3. The number of hydrogen-bond acceptors (Lipinski definition) is 2. The van der Waals surface area contributed by atoms with E-state index in [1.165, 1.54) is 11.3 Å². The van der Waals surface area contributed by atoms with Crippen molar-refractivity contribution in [2.24, 2.45) is 0 Å². The highest BCUT2D eigenvalue weighted by atomic mass is 14.9. The fourth-order valence-electron chi connectivity index (χ4n) is 1.53. The Labute approximate surface area is 86.5 Å². The average Bonchev–Trinajstić information content (AvgIpc) is 2.07. The van der Waals surface area contributed by atoms with Crippen LogP contribution in [0, 0.1) is 0 Å². The van der Waals surface area contributed by atoms with Crippen molar-refractivity contribution in [3.8, 4) is 0 Å². The lowest BCUT2D eigenvalue weighted by Gasteiger charge is -2.23. The Kier molecular flexibility index (Phi) is 3.04. The maximum atomic E-state index is 5.79. The van der Waals surface area contributed by atoms with Gasteiger partial charge in [0, 0.05) is 17.9 Å². The van der Waals surface area contributed by atoms with Crippen LogP contribution in [0.5, 0.6) is 0 Å². The van der Waals surface area contributed by atoms with Crippen molar-refractivity contribution in [3.63, 3.8) is 0 Å². The first-order valence-corrected chi connectivity index (χ1v) is 5.09. The third-order valence-corrected chi connectivity index (χ3v) is 2.22. The van der Waals surface area contributed by atoms with Gasteiger partial charge in [-0.05, 0) is 36.1 Å². The molecule has 0 radical (unpaired) electrons. The molecule has 0 aliphatic carbocycles. The van der Waals surface area contributed by atoms with E-state index in [2.05, 4.69) is 45.1 Å². The van der Waals surface area contributed by atoms with Gasteiger partial charge in [-0.15, -0.1) is 0 Å². The van der Waals surface area contributed by atoms with Crippen LogP contribution >= 0.6 is 0 Å². The van der Waals surface area contributed by atoms with Crippen molar-refractivity contribution in [2.75, 3.05) is 17.6 Å². The quantitative estimate of drug-likeness (QED) is 0.707. The van der Waals surface area contributed by atoms with Gasteiger partial charge in [-0.2, -0.15) is 0 Å². The highest BCUT2D eigenvalue weighted by Crippen LogP contribution is 2.30. The van der Waals surface area contributed by atoms with Crippen LogP contribution in [0.4, 0.5) is 11.4 Å². The second-order valence-corrected chi connectivity index (χ2v) is 4.59. The number of nitrogen functional groups attached to an aromatic ring is 1. The Hall–Kier alpha value is -1.18. The Morgan fingerprint density at radius 1 is 1.29 bits per heavy atom. The molecule has 0 amide bonds. The number of anilines is 2. The van der Waals surface area contributed by atoms with Gasteiger partial charge in [-0.1, -0.05) is 20.8 Å². The van der Waals surface area contributed by atoms with Gasteiger partial charge < -0.3 is 11.1 Å². The first kappa shape index (κ1) is 10.9. The van der Waals surface area contributed by atoms with Crippen LogP contribution in [0.15, 0.2) is 18.2 Å².